The van der Waals surface area contributed by atoms with Gasteiger partial charge in [0, 0.05) is 103 Å². The predicted octanol–water partition coefficient (Wildman–Crippen LogP) is 7.76. The average Bonchev–Trinajstić information content (AvgIpc) is 4.15. The molecule has 2 aliphatic carbocycles. The second-order valence-electron chi connectivity index (χ2n) is 22.5. The third-order valence-corrected chi connectivity index (χ3v) is 18.1. The van der Waals surface area contributed by atoms with Crippen LogP contribution in [0.2, 0.25) is 0 Å². The number of rotatable bonds is 6. The minimum absolute atomic E-state index is 0.131. The summed E-state index contributed by atoms with van der Waals surface area (Å²) in [6.07, 6.45) is 23.7. The zero-order valence-electron chi connectivity index (χ0n) is 41.9. The second kappa shape index (κ2) is 22.5. The van der Waals surface area contributed by atoms with Crippen molar-refractivity contribution in [3.8, 4) is 0 Å². The third kappa shape index (κ3) is 10.6. The summed E-state index contributed by atoms with van der Waals surface area (Å²) in [4.78, 5) is 58.2. The highest BCUT2D eigenvalue weighted by Gasteiger charge is 2.41. The number of anilines is 2. The van der Waals surface area contributed by atoms with Gasteiger partial charge in [0.2, 0.25) is 0 Å². The molecule has 8 heterocycles. The Morgan fingerprint density at radius 2 is 0.826 bits per heavy atom. The molecule has 4 unspecified atom stereocenters. The van der Waals surface area contributed by atoms with E-state index in [2.05, 4.69) is 88.5 Å². The van der Waals surface area contributed by atoms with Crippen LogP contribution in [0.15, 0.2) is 58.1 Å². The number of hydrogen-bond acceptors (Lipinski definition) is 11. The van der Waals surface area contributed by atoms with Crippen LogP contribution < -0.4 is 26.2 Å². The number of piperidine rings is 2. The van der Waals surface area contributed by atoms with E-state index in [4.69, 9.17) is 14.8 Å². The number of hydrogen-bond donors (Lipinski definition) is 1. The van der Waals surface area contributed by atoms with Crippen LogP contribution in [0.5, 0.6) is 0 Å². The molecule has 0 spiro atoms. The molecule has 0 bridgehead atoms. The fourth-order valence-electron chi connectivity index (χ4n) is 14.5. The Labute approximate surface area is 411 Å². The third-order valence-electron chi connectivity index (χ3n) is 18.1. The van der Waals surface area contributed by atoms with Crippen LogP contribution in [0.4, 0.5) is 11.6 Å². The molecular formula is C56H82N10O3. The molecule has 2 aromatic heterocycles. The highest BCUT2D eigenvalue weighted by molar-refractivity contribution is 5.77. The standard InChI is InChI=1S/C28H41N5O.C27H39N5O.CH2O/c1-30-17-21-19-32(20-22(21)18-30)27-28(34)33(26-12-8-7-11-25(26)29-27)24-13-15-31(16-14-24)23-9-5-3-2-4-6-10-23;33-27-26(31-18-20-16-28-17-21(20)19-31)29-24-10-6-7-11-25(24)32(27)23-12-14-30(15-13-23)22-8-4-2-1-3-5-9-22;1-2/h7-8,11-12,21-24H,2-6,9-10,13-20H2,1H3;6-7,10-11,20-23,28H,1-5,8-9,12-19H2;1H2. The van der Waals surface area contributed by atoms with Crippen molar-refractivity contribution in [2.75, 3.05) is 95.4 Å². The number of nitrogens with one attached hydrogen (secondary N) is 1. The average molecular weight is 943 g/mol. The Morgan fingerprint density at radius 1 is 0.464 bits per heavy atom. The van der Waals surface area contributed by atoms with Crippen molar-refractivity contribution < 1.29 is 4.79 Å². The van der Waals surface area contributed by atoms with E-state index in [1.807, 2.05) is 12.9 Å². The van der Waals surface area contributed by atoms with Gasteiger partial charge in [-0.15, -0.1) is 0 Å². The Hall–Kier alpha value is -4.17. The lowest BCUT2D eigenvalue weighted by molar-refractivity contribution is -0.0980. The topological polar surface area (TPSA) is 115 Å². The first-order chi connectivity index (χ1) is 33.9. The van der Waals surface area contributed by atoms with Crippen LogP contribution >= 0.6 is 0 Å². The van der Waals surface area contributed by atoms with Crippen LogP contribution in [0, 0.1) is 23.7 Å². The van der Waals surface area contributed by atoms with Gasteiger partial charge in [0.15, 0.2) is 11.6 Å². The largest absolute Gasteiger partial charge is 0.351 e. The van der Waals surface area contributed by atoms with Crippen LogP contribution in [0.1, 0.15) is 128 Å². The monoisotopic (exact) mass is 943 g/mol. The number of likely N-dealkylation sites (tertiary alicyclic amines) is 3. The molecule has 8 fully saturated rings. The molecule has 0 radical (unpaired) electrons. The highest BCUT2D eigenvalue weighted by Crippen LogP contribution is 2.36. The number of benzene rings is 2. The van der Waals surface area contributed by atoms with Gasteiger partial charge in [0.1, 0.15) is 6.79 Å². The lowest BCUT2D eigenvalue weighted by atomic mass is 9.93. The molecule has 12 rings (SSSR count). The molecule has 0 amide bonds. The number of nitrogens with zero attached hydrogens (tertiary/aromatic N) is 9. The second-order valence-corrected chi connectivity index (χ2v) is 22.5. The van der Waals surface area contributed by atoms with Gasteiger partial charge in [-0.25, -0.2) is 9.97 Å². The summed E-state index contributed by atoms with van der Waals surface area (Å²) in [6, 6.07) is 18.6. The van der Waals surface area contributed by atoms with Crippen LogP contribution in [-0.4, -0.2) is 138 Å². The normalized spacial score (nSPS) is 27.5. The summed E-state index contributed by atoms with van der Waals surface area (Å²) in [6.45, 7) is 14.8. The number of para-hydroxylation sites is 4. The maximum atomic E-state index is 14.0. The van der Waals surface area contributed by atoms with Gasteiger partial charge in [0.05, 0.1) is 22.1 Å². The molecular weight excluding hydrogens is 861 g/mol. The summed E-state index contributed by atoms with van der Waals surface area (Å²) in [5.74, 6) is 4.01. The van der Waals surface area contributed by atoms with Crippen molar-refractivity contribution in [3.05, 3.63) is 69.2 Å². The van der Waals surface area contributed by atoms with E-state index in [9.17, 15) is 9.59 Å². The lowest BCUT2D eigenvalue weighted by Gasteiger charge is -2.39. The van der Waals surface area contributed by atoms with E-state index in [0.29, 0.717) is 35.3 Å². The molecule has 2 saturated carbocycles. The Morgan fingerprint density at radius 3 is 1.23 bits per heavy atom. The van der Waals surface area contributed by atoms with Gasteiger partial charge < -0.3 is 43.7 Å². The molecule has 1 N–H and O–H groups in total. The van der Waals surface area contributed by atoms with Crippen molar-refractivity contribution in [2.24, 2.45) is 23.7 Å². The summed E-state index contributed by atoms with van der Waals surface area (Å²) in [5.41, 5.74) is 4.22. The van der Waals surface area contributed by atoms with Gasteiger partial charge in [0.25, 0.3) is 11.1 Å². The van der Waals surface area contributed by atoms with Crippen molar-refractivity contribution in [1.29, 1.82) is 0 Å². The predicted molar refractivity (Wildman–Crippen MR) is 280 cm³/mol. The van der Waals surface area contributed by atoms with Crippen molar-refractivity contribution in [2.45, 2.75) is 140 Å². The Kier molecular flexibility index (Phi) is 15.8. The zero-order chi connectivity index (χ0) is 47.3. The SMILES string of the molecule is C=O.CN1CC2CN(c3nc4ccccc4n(C4CCN(C5CCCCCCC5)CC4)c3=O)CC2C1.O=c1c(N2CC3CNCC3C2)nc2ccccc2n1C1CCN(C2CCCCCCC2)CC1. The first kappa shape index (κ1) is 48.5. The van der Waals surface area contributed by atoms with Crippen molar-refractivity contribution in [3.63, 3.8) is 0 Å². The minimum Gasteiger partial charge on any atom is -0.351 e. The highest BCUT2D eigenvalue weighted by atomic mass is 16.1. The van der Waals surface area contributed by atoms with E-state index in [0.717, 1.165) is 138 Å². The van der Waals surface area contributed by atoms with Gasteiger partial charge >= 0.3 is 0 Å². The fraction of sp³-hybridized carbons (Fsp3) is 0.696. The number of carbonyl (C=O) groups excluding carboxylic acids is 1. The maximum Gasteiger partial charge on any atom is 0.294 e. The van der Waals surface area contributed by atoms with Gasteiger partial charge in [-0.2, -0.15) is 0 Å². The summed E-state index contributed by atoms with van der Waals surface area (Å²) < 4.78 is 4.26. The first-order valence-corrected chi connectivity index (χ1v) is 27.6. The first-order valence-electron chi connectivity index (χ1n) is 27.6. The van der Waals surface area contributed by atoms with Gasteiger partial charge in [-0.3, -0.25) is 9.59 Å². The molecule has 69 heavy (non-hydrogen) atoms. The molecule has 13 nitrogen and oxygen atoms in total. The molecule has 4 atom stereocenters. The Balaban J connectivity index is 0.000000155. The summed E-state index contributed by atoms with van der Waals surface area (Å²) in [5, 5.41) is 3.51. The van der Waals surface area contributed by atoms with E-state index in [1.165, 1.54) is 89.9 Å². The van der Waals surface area contributed by atoms with E-state index >= 15 is 0 Å². The molecule has 8 aliphatic rings. The van der Waals surface area contributed by atoms with E-state index in [-0.39, 0.29) is 23.2 Å². The van der Waals surface area contributed by atoms with Crippen LogP contribution in [0.3, 0.4) is 0 Å². The van der Waals surface area contributed by atoms with Crippen LogP contribution in [0.25, 0.3) is 22.1 Å². The fourth-order valence-corrected chi connectivity index (χ4v) is 14.5. The number of aromatic nitrogens is 4. The van der Waals surface area contributed by atoms with E-state index in [1.54, 1.807) is 0 Å². The molecule has 6 aliphatic heterocycles. The summed E-state index contributed by atoms with van der Waals surface area (Å²) in [7, 11) is 2.22. The van der Waals surface area contributed by atoms with E-state index < -0.39 is 0 Å². The molecule has 4 aromatic rings. The summed E-state index contributed by atoms with van der Waals surface area (Å²) >= 11 is 0. The van der Waals surface area contributed by atoms with Crippen LogP contribution in [-0.2, 0) is 4.79 Å². The molecule has 6 saturated heterocycles. The smallest absolute Gasteiger partial charge is 0.294 e. The number of carbonyl (C=O) groups is 1. The van der Waals surface area contributed by atoms with Crippen molar-refractivity contribution in [1.82, 2.24) is 39.1 Å². The lowest BCUT2D eigenvalue weighted by Crippen LogP contribution is -2.44. The van der Waals surface area contributed by atoms with Gasteiger partial charge in [-0.05, 0) is 106 Å². The van der Waals surface area contributed by atoms with Crippen molar-refractivity contribution >= 4 is 40.5 Å². The van der Waals surface area contributed by atoms with Gasteiger partial charge in [-0.1, -0.05) is 88.5 Å². The molecule has 374 valence electrons. The molecule has 13 heteroatoms. The Bertz CT molecular complexity index is 2400. The number of fused-ring (bicyclic) bond motifs is 4. The minimum atomic E-state index is 0.131. The molecule has 2 aromatic carbocycles. The quantitative estimate of drug-likeness (QED) is 0.205. The maximum absolute atomic E-state index is 14.0. The zero-order valence-corrected chi connectivity index (χ0v) is 41.9.